The number of benzene rings is 1. The standard InChI is InChI=1S/C14H18N2O2/c1-3-14(2)10-16(8-9-17-14)13-15-11-6-4-5-7-12(11)18-13/h4-7H,3,8-10H2,1-2H3. The van der Waals surface area contributed by atoms with Crippen molar-refractivity contribution in [3.63, 3.8) is 0 Å². The van der Waals surface area contributed by atoms with E-state index in [9.17, 15) is 0 Å². The summed E-state index contributed by atoms with van der Waals surface area (Å²) in [6.07, 6.45) is 0.990. The molecule has 0 saturated carbocycles. The Morgan fingerprint density at radius 3 is 3.00 bits per heavy atom. The van der Waals surface area contributed by atoms with Crippen LogP contribution in [-0.4, -0.2) is 30.3 Å². The van der Waals surface area contributed by atoms with Crippen LogP contribution in [0.15, 0.2) is 28.7 Å². The van der Waals surface area contributed by atoms with Crippen molar-refractivity contribution in [1.29, 1.82) is 0 Å². The largest absolute Gasteiger partial charge is 0.423 e. The second kappa shape index (κ2) is 4.28. The van der Waals surface area contributed by atoms with Crippen molar-refractivity contribution < 1.29 is 9.15 Å². The molecule has 1 saturated heterocycles. The fourth-order valence-corrected chi connectivity index (χ4v) is 2.30. The maximum absolute atomic E-state index is 5.83. The Labute approximate surface area is 107 Å². The van der Waals surface area contributed by atoms with Gasteiger partial charge in [-0.1, -0.05) is 19.1 Å². The summed E-state index contributed by atoms with van der Waals surface area (Å²) >= 11 is 0. The zero-order valence-electron chi connectivity index (χ0n) is 10.8. The summed E-state index contributed by atoms with van der Waals surface area (Å²) in [5, 5.41) is 0. The third-order valence-electron chi connectivity index (χ3n) is 3.64. The van der Waals surface area contributed by atoms with E-state index in [4.69, 9.17) is 9.15 Å². The molecule has 1 aromatic heterocycles. The van der Waals surface area contributed by atoms with Crippen LogP contribution in [0.25, 0.3) is 11.1 Å². The van der Waals surface area contributed by atoms with Crippen LogP contribution < -0.4 is 4.90 Å². The number of hydrogen-bond acceptors (Lipinski definition) is 4. The summed E-state index contributed by atoms with van der Waals surface area (Å²) in [6.45, 7) is 6.68. The van der Waals surface area contributed by atoms with E-state index in [2.05, 4.69) is 23.7 Å². The van der Waals surface area contributed by atoms with Gasteiger partial charge in [0.2, 0.25) is 0 Å². The highest BCUT2D eigenvalue weighted by molar-refractivity contribution is 5.74. The van der Waals surface area contributed by atoms with Crippen LogP contribution in [0.4, 0.5) is 6.01 Å². The molecule has 1 aliphatic heterocycles. The van der Waals surface area contributed by atoms with E-state index < -0.39 is 0 Å². The highest BCUT2D eigenvalue weighted by Crippen LogP contribution is 2.27. The molecular weight excluding hydrogens is 228 g/mol. The normalized spacial score (nSPS) is 24.7. The molecule has 1 aromatic carbocycles. The van der Waals surface area contributed by atoms with Gasteiger partial charge in [0.05, 0.1) is 18.8 Å². The summed E-state index contributed by atoms with van der Waals surface area (Å²) in [5.74, 6) is 0. The van der Waals surface area contributed by atoms with E-state index in [0.717, 1.165) is 37.2 Å². The zero-order chi connectivity index (χ0) is 12.6. The Bertz CT molecular complexity index is 518. The van der Waals surface area contributed by atoms with E-state index in [0.29, 0.717) is 6.01 Å². The fraction of sp³-hybridized carbons (Fsp3) is 0.500. The molecule has 0 N–H and O–H groups in total. The van der Waals surface area contributed by atoms with E-state index >= 15 is 0 Å². The van der Waals surface area contributed by atoms with Crippen LogP contribution in [0.2, 0.25) is 0 Å². The van der Waals surface area contributed by atoms with Gasteiger partial charge in [0.1, 0.15) is 5.52 Å². The SMILES string of the molecule is CCC1(C)CN(c2nc3ccccc3o2)CCO1. The van der Waals surface area contributed by atoms with Crippen LogP contribution in [0.3, 0.4) is 0 Å². The van der Waals surface area contributed by atoms with Crippen molar-refractivity contribution >= 4 is 17.1 Å². The maximum Gasteiger partial charge on any atom is 0.298 e. The van der Waals surface area contributed by atoms with Crippen LogP contribution in [-0.2, 0) is 4.74 Å². The number of rotatable bonds is 2. The Balaban J connectivity index is 1.89. The molecule has 0 spiro atoms. The molecule has 2 heterocycles. The van der Waals surface area contributed by atoms with Gasteiger partial charge < -0.3 is 14.1 Å². The molecule has 0 radical (unpaired) electrons. The summed E-state index contributed by atoms with van der Waals surface area (Å²) < 4.78 is 11.6. The highest BCUT2D eigenvalue weighted by atomic mass is 16.5. The zero-order valence-corrected chi connectivity index (χ0v) is 10.8. The maximum atomic E-state index is 5.83. The topological polar surface area (TPSA) is 38.5 Å². The molecule has 18 heavy (non-hydrogen) atoms. The van der Waals surface area contributed by atoms with E-state index in [1.165, 1.54) is 0 Å². The second-order valence-electron chi connectivity index (χ2n) is 5.04. The molecule has 4 heteroatoms. The predicted molar refractivity (Wildman–Crippen MR) is 70.9 cm³/mol. The number of oxazole rings is 1. The van der Waals surface area contributed by atoms with Crippen molar-refractivity contribution in [3.05, 3.63) is 24.3 Å². The number of morpholine rings is 1. The molecule has 2 aromatic rings. The van der Waals surface area contributed by atoms with Crippen molar-refractivity contribution in [3.8, 4) is 0 Å². The van der Waals surface area contributed by atoms with E-state index in [-0.39, 0.29) is 5.60 Å². The van der Waals surface area contributed by atoms with Gasteiger partial charge in [-0.15, -0.1) is 0 Å². The van der Waals surface area contributed by atoms with Crippen molar-refractivity contribution in [2.75, 3.05) is 24.6 Å². The Kier molecular flexibility index (Phi) is 2.74. The number of para-hydroxylation sites is 2. The number of nitrogens with zero attached hydrogens (tertiary/aromatic N) is 2. The number of anilines is 1. The summed E-state index contributed by atoms with van der Waals surface area (Å²) in [6, 6.07) is 8.57. The minimum atomic E-state index is -0.0983. The molecule has 4 nitrogen and oxygen atoms in total. The van der Waals surface area contributed by atoms with Gasteiger partial charge >= 0.3 is 0 Å². The summed E-state index contributed by atoms with van der Waals surface area (Å²) in [4.78, 5) is 6.71. The summed E-state index contributed by atoms with van der Waals surface area (Å²) in [5.41, 5.74) is 1.66. The monoisotopic (exact) mass is 246 g/mol. The molecule has 1 fully saturated rings. The van der Waals surface area contributed by atoms with Crippen molar-refractivity contribution in [2.45, 2.75) is 25.9 Å². The average Bonchev–Trinajstić information content (AvgIpc) is 2.83. The lowest BCUT2D eigenvalue weighted by Gasteiger charge is -2.39. The van der Waals surface area contributed by atoms with Crippen LogP contribution in [0.5, 0.6) is 0 Å². The number of aromatic nitrogens is 1. The third kappa shape index (κ3) is 1.97. The van der Waals surface area contributed by atoms with E-state index in [1.807, 2.05) is 24.3 Å². The first-order valence-electron chi connectivity index (χ1n) is 6.45. The first-order valence-corrected chi connectivity index (χ1v) is 6.45. The minimum Gasteiger partial charge on any atom is -0.423 e. The lowest BCUT2D eigenvalue weighted by Crippen LogP contribution is -2.50. The first-order chi connectivity index (χ1) is 8.70. The van der Waals surface area contributed by atoms with Crippen LogP contribution >= 0.6 is 0 Å². The number of fused-ring (bicyclic) bond motifs is 1. The third-order valence-corrected chi connectivity index (χ3v) is 3.64. The van der Waals surface area contributed by atoms with Gasteiger partial charge in [0.15, 0.2) is 5.58 Å². The number of hydrogen-bond donors (Lipinski definition) is 0. The smallest absolute Gasteiger partial charge is 0.298 e. The lowest BCUT2D eigenvalue weighted by atomic mass is 10.0. The Morgan fingerprint density at radius 1 is 1.39 bits per heavy atom. The molecular formula is C14H18N2O2. The average molecular weight is 246 g/mol. The molecule has 3 rings (SSSR count). The van der Waals surface area contributed by atoms with Gasteiger partial charge in [-0.25, -0.2) is 0 Å². The highest BCUT2D eigenvalue weighted by Gasteiger charge is 2.32. The first kappa shape index (κ1) is 11.5. The summed E-state index contributed by atoms with van der Waals surface area (Å²) in [7, 11) is 0. The van der Waals surface area contributed by atoms with Crippen molar-refractivity contribution in [1.82, 2.24) is 4.98 Å². The van der Waals surface area contributed by atoms with E-state index in [1.54, 1.807) is 0 Å². The molecule has 96 valence electrons. The molecule has 1 aliphatic rings. The van der Waals surface area contributed by atoms with Gasteiger partial charge in [-0.2, -0.15) is 4.98 Å². The molecule has 0 amide bonds. The number of ether oxygens (including phenoxy) is 1. The van der Waals surface area contributed by atoms with Crippen LogP contribution in [0.1, 0.15) is 20.3 Å². The molecule has 0 bridgehead atoms. The Hall–Kier alpha value is -1.55. The predicted octanol–water partition coefficient (Wildman–Crippen LogP) is 2.83. The lowest BCUT2D eigenvalue weighted by molar-refractivity contribution is -0.0452. The van der Waals surface area contributed by atoms with Gasteiger partial charge in [0, 0.05) is 6.54 Å². The molecule has 0 aliphatic carbocycles. The van der Waals surface area contributed by atoms with Gasteiger partial charge in [0.25, 0.3) is 6.01 Å². The minimum absolute atomic E-state index is 0.0983. The Morgan fingerprint density at radius 2 is 2.22 bits per heavy atom. The van der Waals surface area contributed by atoms with Crippen molar-refractivity contribution in [2.24, 2.45) is 0 Å². The van der Waals surface area contributed by atoms with Crippen LogP contribution in [0, 0.1) is 0 Å². The molecule has 1 unspecified atom stereocenters. The second-order valence-corrected chi connectivity index (χ2v) is 5.04. The fourth-order valence-electron chi connectivity index (χ4n) is 2.30. The quantitative estimate of drug-likeness (QED) is 0.816. The molecule has 1 atom stereocenters. The van der Waals surface area contributed by atoms with Gasteiger partial charge in [-0.05, 0) is 25.5 Å². The van der Waals surface area contributed by atoms with Gasteiger partial charge in [-0.3, -0.25) is 0 Å².